The van der Waals surface area contributed by atoms with E-state index in [1.54, 1.807) is 6.20 Å². The van der Waals surface area contributed by atoms with E-state index in [2.05, 4.69) is 9.88 Å². The molecule has 6 nitrogen and oxygen atoms in total. The summed E-state index contributed by atoms with van der Waals surface area (Å²) in [5.74, 6) is 0.00274. The van der Waals surface area contributed by atoms with Crippen molar-refractivity contribution in [2.45, 2.75) is 25.5 Å². The fraction of sp³-hybridized carbons (Fsp3) is 0.571. The van der Waals surface area contributed by atoms with Crippen molar-refractivity contribution in [3.05, 3.63) is 29.6 Å². The molecule has 0 unspecified atom stereocenters. The topological polar surface area (TPSA) is 95.5 Å². The van der Waals surface area contributed by atoms with Crippen LogP contribution in [0.5, 0.6) is 0 Å². The zero-order chi connectivity index (χ0) is 14.4. The third-order valence-corrected chi connectivity index (χ3v) is 3.49. The van der Waals surface area contributed by atoms with Crippen molar-refractivity contribution >= 4 is 5.84 Å². The molecule has 4 N–H and O–H groups in total. The SMILES string of the molecule is N=C(N)c1cc(CN2CCC(OCCO)CC2)ccn1. The number of ether oxygens (including phenoxy) is 1. The van der Waals surface area contributed by atoms with Gasteiger partial charge in [-0.05, 0) is 30.5 Å². The lowest BCUT2D eigenvalue weighted by Crippen LogP contribution is -2.37. The second kappa shape index (κ2) is 7.33. The van der Waals surface area contributed by atoms with Gasteiger partial charge in [-0.1, -0.05) is 0 Å². The number of nitrogen functional groups attached to an aromatic ring is 1. The van der Waals surface area contributed by atoms with Crippen molar-refractivity contribution in [1.29, 1.82) is 5.41 Å². The third-order valence-electron chi connectivity index (χ3n) is 3.49. The highest BCUT2D eigenvalue weighted by Gasteiger charge is 2.19. The first kappa shape index (κ1) is 14.9. The van der Waals surface area contributed by atoms with Crippen molar-refractivity contribution in [2.75, 3.05) is 26.3 Å². The van der Waals surface area contributed by atoms with Crippen LogP contribution in [0.4, 0.5) is 0 Å². The fourth-order valence-corrected chi connectivity index (χ4v) is 2.43. The Hall–Kier alpha value is -1.50. The van der Waals surface area contributed by atoms with Gasteiger partial charge in [-0.3, -0.25) is 15.3 Å². The number of aromatic nitrogens is 1. The van der Waals surface area contributed by atoms with Crippen LogP contribution < -0.4 is 5.73 Å². The van der Waals surface area contributed by atoms with E-state index in [4.69, 9.17) is 21.0 Å². The van der Waals surface area contributed by atoms with Gasteiger partial charge in [-0.2, -0.15) is 0 Å². The Bertz CT molecular complexity index is 445. The monoisotopic (exact) mass is 278 g/mol. The van der Waals surface area contributed by atoms with Crippen molar-refractivity contribution in [2.24, 2.45) is 5.73 Å². The van der Waals surface area contributed by atoms with Crippen molar-refractivity contribution in [1.82, 2.24) is 9.88 Å². The summed E-state index contributed by atoms with van der Waals surface area (Å²) in [5.41, 5.74) is 7.11. The van der Waals surface area contributed by atoms with Crippen LogP contribution in [-0.2, 0) is 11.3 Å². The number of hydrogen-bond donors (Lipinski definition) is 3. The van der Waals surface area contributed by atoms with E-state index >= 15 is 0 Å². The molecular weight excluding hydrogens is 256 g/mol. The zero-order valence-corrected chi connectivity index (χ0v) is 11.6. The van der Waals surface area contributed by atoms with Gasteiger partial charge in [0.05, 0.1) is 19.3 Å². The van der Waals surface area contributed by atoms with Gasteiger partial charge in [0, 0.05) is 25.8 Å². The number of nitrogens with one attached hydrogen (secondary N) is 1. The lowest BCUT2D eigenvalue weighted by Gasteiger charge is -2.31. The first-order chi connectivity index (χ1) is 9.69. The van der Waals surface area contributed by atoms with Gasteiger partial charge in [0.1, 0.15) is 11.5 Å². The average Bonchev–Trinajstić information content (AvgIpc) is 2.47. The highest BCUT2D eigenvalue weighted by atomic mass is 16.5. The van der Waals surface area contributed by atoms with Crippen LogP contribution in [0.25, 0.3) is 0 Å². The average molecular weight is 278 g/mol. The molecule has 0 aliphatic carbocycles. The highest BCUT2D eigenvalue weighted by molar-refractivity contribution is 5.93. The molecule has 2 rings (SSSR count). The van der Waals surface area contributed by atoms with Gasteiger partial charge >= 0.3 is 0 Å². The maximum atomic E-state index is 8.75. The summed E-state index contributed by atoms with van der Waals surface area (Å²) in [6.07, 6.45) is 3.95. The van der Waals surface area contributed by atoms with E-state index in [-0.39, 0.29) is 18.5 Å². The smallest absolute Gasteiger partial charge is 0.141 e. The summed E-state index contributed by atoms with van der Waals surface area (Å²) >= 11 is 0. The minimum Gasteiger partial charge on any atom is -0.394 e. The van der Waals surface area contributed by atoms with Crippen LogP contribution >= 0.6 is 0 Å². The van der Waals surface area contributed by atoms with Crippen molar-refractivity contribution in [3.8, 4) is 0 Å². The minimum absolute atomic E-state index is 0.00274. The predicted octanol–water partition coefficient (Wildman–Crippen LogP) is 0.339. The molecule has 0 saturated carbocycles. The summed E-state index contributed by atoms with van der Waals surface area (Å²) in [4.78, 5) is 6.43. The van der Waals surface area contributed by atoms with Crippen LogP contribution in [0.15, 0.2) is 18.3 Å². The quantitative estimate of drug-likeness (QED) is 0.515. The molecule has 1 aliphatic heterocycles. The Morgan fingerprint density at radius 3 is 2.90 bits per heavy atom. The predicted molar refractivity (Wildman–Crippen MR) is 76.6 cm³/mol. The minimum atomic E-state index is 0.00274. The summed E-state index contributed by atoms with van der Waals surface area (Å²) in [7, 11) is 0. The molecule has 1 aliphatic rings. The van der Waals surface area contributed by atoms with Gasteiger partial charge in [0.2, 0.25) is 0 Å². The molecule has 20 heavy (non-hydrogen) atoms. The number of nitrogens with two attached hydrogens (primary N) is 1. The molecule has 1 fully saturated rings. The number of aliphatic hydroxyl groups is 1. The number of hydrogen-bond acceptors (Lipinski definition) is 5. The number of nitrogens with zero attached hydrogens (tertiary/aromatic N) is 2. The van der Waals surface area contributed by atoms with Crippen molar-refractivity contribution in [3.63, 3.8) is 0 Å². The standard InChI is InChI=1S/C14H22N4O2/c15-14(16)13-9-11(1-4-17-13)10-18-5-2-12(3-6-18)20-8-7-19/h1,4,9,12,19H,2-3,5-8,10H2,(H3,15,16). The van der Waals surface area contributed by atoms with Crippen LogP contribution in [0.1, 0.15) is 24.1 Å². The number of pyridine rings is 1. The molecule has 2 heterocycles. The molecule has 0 amide bonds. The van der Waals surface area contributed by atoms with Crippen LogP contribution in [-0.4, -0.2) is 53.2 Å². The molecule has 6 heteroatoms. The van der Waals surface area contributed by atoms with E-state index in [0.29, 0.717) is 12.3 Å². The van der Waals surface area contributed by atoms with Crippen LogP contribution in [0.2, 0.25) is 0 Å². The molecule has 0 spiro atoms. The Morgan fingerprint density at radius 2 is 2.25 bits per heavy atom. The van der Waals surface area contributed by atoms with E-state index in [1.807, 2.05) is 12.1 Å². The van der Waals surface area contributed by atoms with E-state index < -0.39 is 0 Å². The van der Waals surface area contributed by atoms with E-state index in [1.165, 1.54) is 0 Å². The second-order valence-corrected chi connectivity index (χ2v) is 5.03. The maximum Gasteiger partial charge on any atom is 0.141 e. The summed E-state index contributed by atoms with van der Waals surface area (Å²) in [6.45, 7) is 3.32. The molecule has 0 radical (unpaired) electrons. The number of likely N-dealkylation sites (tertiary alicyclic amines) is 1. The Morgan fingerprint density at radius 1 is 1.50 bits per heavy atom. The van der Waals surface area contributed by atoms with Gasteiger partial charge in [-0.25, -0.2) is 0 Å². The van der Waals surface area contributed by atoms with Crippen molar-refractivity contribution < 1.29 is 9.84 Å². The van der Waals surface area contributed by atoms with Gasteiger partial charge in [0.25, 0.3) is 0 Å². The molecule has 0 bridgehead atoms. The lowest BCUT2D eigenvalue weighted by atomic mass is 10.1. The first-order valence-electron chi connectivity index (χ1n) is 6.93. The highest BCUT2D eigenvalue weighted by Crippen LogP contribution is 2.16. The second-order valence-electron chi connectivity index (χ2n) is 5.03. The van der Waals surface area contributed by atoms with Crippen LogP contribution in [0, 0.1) is 5.41 Å². The number of amidine groups is 1. The number of rotatable bonds is 6. The lowest BCUT2D eigenvalue weighted by molar-refractivity contribution is -0.00901. The van der Waals surface area contributed by atoms with Gasteiger partial charge < -0.3 is 15.6 Å². The molecule has 1 saturated heterocycles. The molecule has 0 atom stereocenters. The summed E-state index contributed by atoms with van der Waals surface area (Å²) in [5, 5.41) is 16.2. The zero-order valence-electron chi connectivity index (χ0n) is 11.6. The van der Waals surface area contributed by atoms with Gasteiger partial charge in [0.15, 0.2) is 0 Å². The third kappa shape index (κ3) is 4.26. The first-order valence-corrected chi connectivity index (χ1v) is 6.93. The maximum absolute atomic E-state index is 8.75. The summed E-state index contributed by atoms with van der Waals surface area (Å²) in [6, 6.07) is 3.83. The normalized spacial score (nSPS) is 17.2. The molecule has 1 aromatic rings. The Kier molecular flexibility index (Phi) is 5.46. The Labute approximate surface area is 119 Å². The Balaban J connectivity index is 1.83. The summed E-state index contributed by atoms with van der Waals surface area (Å²) < 4.78 is 5.55. The largest absolute Gasteiger partial charge is 0.394 e. The van der Waals surface area contributed by atoms with Crippen LogP contribution in [0.3, 0.4) is 0 Å². The molecule has 1 aromatic heterocycles. The number of piperidine rings is 1. The molecule has 110 valence electrons. The van der Waals surface area contributed by atoms with Gasteiger partial charge in [-0.15, -0.1) is 0 Å². The molecular formula is C14H22N4O2. The number of aliphatic hydroxyl groups excluding tert-OH is 1. The molecule has 0 aromatic carbocycles. The van der Waals surface area contributed by atoms with E-state index in [0.717, 1.165) is 38.0 Å². The van der Waals surface area contributed by atoms with E-state index in [9.17, 15) is 0 Å². The fourth-order valence-electron chi connectivity index (χ4n) is 2.43.